The van der Waals surface area contributed by atoms with Crippen LogP contribution >= 0.6 is 0 Å². The number of carbonyl (C=O) groups is 1. The zero-order chi connectivity index (χ0) is 16.7. The summed E-state index contributed by atoms with van der Waals surface area (Å²) in [6, 6.07) is 14.7. The monoisotopic (exact) mass is 309 g/mol. The Balaban J connectivity index is 1.85. The first-order valence-corrected chi connectivity index (χ1v) is 7.31. The van der Waals surface area contributed by atoms with Crippen LogP contribution in [0.3, 0.4) is 0 Å². The van der Waals surface area contributed by atoms with E-state index in [9.17, 15) is 4.79 Å². The molecule has 0 aliphatic heterocycles. The van der Waals surface area contributed by atoms with Crippen molar-refractivity contribution < 1.29 is 9.53 Å². The predicted octanol–water partition coefficient (Wildman–Crippen LogP) is 3.32. The Hall–Kier alpha value is -3.00. The number of rotatable bonds is 6. The average Bonchev–Trinajstić information content (AvgIpc) is 2.56. The number of nitrogens with one attached hydrogen (secondary N) is 2. The molecular weight excluding hydrogens is 290 g/mol. The molecule has 0 fully saturated rings. The summed E-state index contributed by atoms with van der Waals surface area (Å²) in [6.45, 7) is 2.50. The molecule has 0 aliphatic rings. The Labute approximate surface area is 135 Å². The molecular formula is C18H19N3O2. The third-order valence-electron chi connectivity index (χ3n) is 3.32. The summed E-state index contributed by atoms with van der Waals surface area (Å²) in [6.07, 6.45) is 0.330. The molecule has 0 radical (unpaired) electrons. The zero-order valence-electron chi connectivity index (χ0n) is 13.2. The number of anilines is 2. The molecule has 2 aromatic rings. The lowest BCUT2D eigenvalue weighted by Crippen LogP contribution is -2.16. The lowest BCUT2D eigenvalue weighted by Gasteiger charge is -2.12. The maximum atomic E-state index is 11.9. The standard InChI is InChI=1S/C18H19N3O2/c1-13-3-8-17(23-2)16(11-13)20-10-9-18(22)21-15-6-4-14(12-19)5-7-15/h3-8,11,20H,9-10H2,1-2H3,(H,21,22). The number of aryl methyl sites for hydroxylation is 1. The van der Waals surface area contributed by atoms with Gasteiger partial charge in [0, 0.05) is 18.7 Å². The molecule has 2 rings (SSSR count). The number of hydrogen-bond donors (Lipinski definition) is 2. The van der Waals surface area contributed by atoms with Gasteiger partial charge in [0.2, 0.25) is 5.91 Å². The van der Waals surface area contributed by atoms with Crippen LogP contribution in [0.25, 0.3) is 0 Å². The minimum Gasteiger partial charge on any atom is -0.495 e. The summed E-state index contributed by atoms with van der Waals surface area (Å²) in [5, 5.41) is 14.8. The summed E-state index contributed by atoms with van der Waals surface area (Å²) in [4.78, 5) is 11.9. The number of ether oxygens (including phenoxy) is 1. The van der Waals surface area contributed by atoms with E-state index in [0.29, 0.717) is 24.2 Å². The van der Waals surface area contributed by atoms with Crippen molar-refractivity contribution in [2.75, 3.05) is 24.3 Å². The van der Waals surface area contributed by atoms with Gasteiger partial charge in [-0.1, -0.05) is 6.07 Å². The van der Waals surface area contributed by atoms with Crippen LogP contribution in [0, 0.1) is 18.3 Å². The van der Waals surface area contributed by atoms with Crippen LogP contribution in [0.5, 0.6) is 5.75 Å². The quantitative estimate of drug-likeness (QED) is 0.858. The Morgan fingerprint density at radius 2 is 1.96 bits per heavy atom. The molecule has 0 spiro atoms. The first kappa shape index (κ1) is 16.4. The molecule has 0 saturated carbocycles. The minimum atomic E-state index is -0.0890. The summed E-state index contributed by atoms with van der Waals surface area (Å²) < 4.78 is 5.29. The van der Waals surface area contributed by atoms with Crippen molar-refractivity contribution in [2.45, 2.75) is 13.3 Å². The van der Waals surface area contributed by atoms with E-state index in [1.807, 2.05) is 31.2 Å². The SMILES string of the molecule is COc1ccc(C)cc1NCCC(=O)Nc1ccc(C#N)cc1. The van der Waals surface area contributed by atoms with Crippen molar-refractivity contribution in [3.05, 3.63) is 53.6 Å². The topological polar surface area (TPSA) is 74.2 Å². The average molecular weight is 309 g/mol. The van der Waals surface area contributed by atoms with Gasteiger partial charge in [-0.05, 0) is 48.9 Å². The molecule has 2 aromatic carbocycles. The molecule has 0 aliphatic carbocycles. The molecule has 118 valence electrons. The molecule has 2 N–H and O–H groups in total. The van der Waals surface area contributed by atoms with Gasteiger partial charge in [0.05, 0.1) is 24.4 Å². The van der Waals surface area contributed by atoms with Crippen molar-refractivity contribution in [1.29, 1.82) is 5.26 Å². The highest BCUT2D eigenvalue weighted by Gasteiger charge is 2.05. The highest BCUT2D eigenvalue weighted by atomic mass is 16.5. The second-order valence-electron chi connectivity index (χ2n) is 5.12. The van der Waals surface area contributed by atoms with E-state index < -0.39 is 0 Å². The van der Waals surface area contributed by atoms with E-state index in [1.165, 1.54) is 0 Å². The normalized spacial score (nSPS) is 9.78. The summed E-state index contributed by atoms with van der Waals surface area (Å²) >= 11 is 0. The van der Waals surface area contributed by atoms with Gasteiger partial charge >= 0.3 is 0 Å². The minimum absolute atomic E-state index is 0.0890. The molecule has 23 heavy (non-hydrogen) atoms. The molecule has 0 heterocycles. The van der Waals surface area contributed by atoms with E-state index in [-0.39, 0.29) is 5.91 Å². The number of nitriles is 1. The first-order chi connectivity index (χ1) is 11.1. The van der Waals surface area contributed by atoms with Gasteiger partial charge in [-0.2, -0.15) is 5.26 Å². The van der Waals surface area contributed by atoms with Gasteiger partial charge in [0.15, 0.2) is 0 Å². The van der Waals surface area contributed by atoms with E-state index >= 15 is 0 Å². The fraction of sp³-hybridized carbons (Fsp3) is 0.222. The Bertz CT molecular complexity index is 718. The van der Waals surface area contributed by atoms with Crippen LogP contribution in [-0.2, 0) is 4.79 Å². The van der Waals surface area contributed by atoms with Gasteiger partial charge < -0.3 is 15.4 Å². The van der Waals surface area contributed by atoms with Crippen LogP contribution < -0.4 is 15.4 Å². The highest BCUT2D eigenvalue weighted by Crippen LogP contribution is 2.25. The summed E-state index contributed by atoms with van der Waals surface area (Å²) in [5.74, 6) is 0.664. The van der Waals surface area contributed by atoms with Gasteiger partial charge in [0.1, 0.15) is 5.75 Å². The molecule has 0 unspecified atom stereocenters. The fourth-order valence-corrected chi connectivity index (χ4v) is 2.12. The number of nitrogens with zero attached hydrogens (tertiary/aromatic N) is 1. The first-order valence-electron chi connectivity index (χ1n) is 7.31. The second-order valence-corrected chi connectivity index (χ2v) is 5.12. The van der Waals surface area contributed by atoms with Crippen molar-refractivity contribution in [2.24, 2.45) is 0 Å². The van der Waals surface area contributed by atoms with E-state index in [1.54, 1.807) is 31.4 Å². The van der Waals surface area contributed by atoms with E-state index in [4.69, 9.17) is 10.00 Å². The maximum Gasteiger partial charge on any atom is 0.226 e. The Morgan fingerprint density at radius 1 is 1.22 bits per heavy atom. The van der Waals surface area contributed by atoms with Gasteiger partial charge in [-0.25, -0.2) is 0 Å². The maximum absolute atomic E-state index is 11.9. The summed E-state index contributed by atoms with van der Waals surface area (Å²) in [5.41, 5.74) is 3.24. The molecule has 0 bridgehead atoms. The second kappa shape index (κ2) is 7.85. The van der Waals surface area contributed by atoms with E-state index in [2.05, 4.69) is 10.6 Å². The molecule has 1 amide bonds. The van der Waals surface area contributed by atoms with Crippen molar-refractivity contribution in [3.63, 3.8) is 0 Å². The van der Waals surface area contributed by atoms with Crippen LogP contribution in [0.15, 0.2) is 42.5 Å². The smallest absolute Gasteiger partial charge is 0.226 e. The lowest BCUT2D eigenvalue weighted by atomic mass is 10.2. The van der Waals surface area contributed by atoms with Gasteiger partial charge in [0.25, 0.3) is 0 Å². The Morgan fingerprint density at radius 3 is 2.61 bits per heavy atom. The van der Waals surface area contributed by atoms with Crippen molar-refractivity contribution in [3.8, 4) is 11.8 Å². The number of hydrogen-bond acceptors (Lipinski definition) is 4. The molecule has 5 heteroatoms. The predicted molar refractivity (Wildman–Crippen MR) is 90.6 cm³/mol. The molecule has 0 atom stereocenters. The highest BCUT2D eigenvalue weighted by molar-refractivity contribution is 5.91. The molecule has 0 saturated heterocycles. The molecule has 5 nitrogen and oxygen atoms in total. The number of carbonyl (C=O) groups excluding carboxylic acids is 1. The van der Waals surface area contributed by atoms with Crippen LogP contribution in [0.4, 0.5) is 11.4 Å². The van der Waals surface area contributed by atoms with Crippen molar-refractivity contribution >= 4 is 17.3 Å². The molecule has 0 aromatic heterocycles. The van der Waals surface area contributed by atoms with Crippen molar-refractivity contribution in [1.82, 2.24) is 0 Å². The number of methoxy groups -OCH3 is 1. The van der Waals surface area contributed by atoms with Gasteiger partial charge in [-0.3, -0.25) is 4.79 Å². The van der Waals surface area contributed by atoms with E-state index in [0.717, 1.165) is 17.0 Å². The summed E-state index contributed by atoms with van der Waals surface area (Å²) in [7, 11) is 1.62. The Kier molecular flexibility index (Phi) is 5.59. The van der Waals surface area contributed by atoms with Crippen LogP contribution in [-0.4, -0.2) is 19.6 Å². The number of amides is 1. The van der Waals surface area contributed by atoms with Gasteiger partial charge in [-0.15, -0.1) is 0 Å². The third-order valence-corrected chi connectivity index (χ3v) is 3.32. The fourth-order valence-electron chi connectivity index (χ4n) is 2.12. The number of benzene rings is 2. The van der Waals surface area contributed by atoms with Crippen LogP contribution in [0.2, 0.25) is 0 Å². The third kappa shape index (κ3) is 4.75. The lowest BCUT2D eigenvalue weighted by molar-refractivity contribution is -0.115. The largest absolute Gasteiger partial charge is 0.495 e. The van der Waals surface area contributed by atoms with Crippen LogP contribution in [0.1, 0.15) is 17.5 Å². The zero-order valence-corrected chi connectivity index (χ0v) is 13.2.